The molecule has 1 aromatic carbocycles. The van der Waals surface area contributed by atoms with Crippen molar-refractivity contribution >= 4 is 17.6 Å². The summed E-state index contributed by atoms with van der Waals surface area (Å²) in [4.78, 5) is 12.7. The van der Waals surface area contributed by atoms with E-state index in [1.54, 1.807) is 10.0 Å². The molecule has 0 unspecified atom stereocenters. The van der Waals surface area contributed by atoms with Crippen LogP contribution in [0.2, 0.25) is 0 Å². The van der Waals surface area contributed by atoms with Crippen LogP contribution in [0.1, 0.15) is 24.3 Å². The quantitative estimate of drug-likeness (QED) is 0.742. The Morgan fingerprint density at radius 2 is 2.08 bits per heavy atom. The molecular weight excluding hydrogens is 341 g/mol. The number of amidine groups is 1. The molecule has 6 rings (SSSR count). The van der Waals surface area contributed by atoms with Gasteiger partial charge in [-0.25, -0.2) is 20.0 Å². The molecule has 2 aromatic heterocycles. The molecule has 1 aliphatic carbocycles. The summed E-state index contributed by atoms with van der Waals surface area (Å²) in [6.45, 7) is 0.244. The predicted octanol–water partition coefficient (Wildman–Crippen LogP) is 1.34. The van der Waals surface area contributed by atoms with Crippen LogP contribution < -0.4 is 10.0 Å². The van der Waals surface area contributed by atoms with Crippen LogP contribution in [0.15, 0.2) is 40.0 Å². The Bertz CT molecular complexity index is 1080. The summed E-state index contributed by atoms with van der Waals surface area (Å²) in [6, 6.07) is 7.41. The third kappa shape index (κ3) is 1.66. The van der Waals surface area contributed by atoms with E-state index in [0.29, 0.717) is 30.2 Å². The molecule has 9 nitrogen and oxygen atoms in total. The van der Waals surface area contributed by atoms with E-state index in [2.05, 4.69) is 20.1 Å². The average molecular weight is 353 g/mol. The number of rotatable bonds is 2. The van der Waals surface area contributed by atoms with Crippen molar-refractivity contribution < 1.29 is 14.0 Å². The Labute approximate surface area is 146 Å². The molecule has 10 heteroatoms. The number of aromatic nitrogens is 4. The molecule has 1 N–H and O–H groups in total. The second-order valence-electron chi connectivity index (χ2n) is 6.50. The number of benzene rings is 1. The maximum absolute atomic E-state index is 14.3. The summed E-state index contributed by atoms with van der Waals surface area (Å²) in [5, 5.41) is 17.5. The van der Waals surface area contributed by atoms with Gasteiger partial charge in [0.2, 0.25) is 0 Å². The molecule has 1 saturated carbocycles. The number of anilines is 2. The molecule has 0 bridgehead atoms. The second-order valence-corrected chi connectivity index (χ2v) is 6.50. The van der Waals surface area contributed by atoms with E-state index in [-0.39, 0.29) is 18.5 Å². The zero-order chi connectivity index (χ0) is 17.5. The van der Waals surface area contributed by atoms with Gasteiger partial charge in [0.15, 0.2) is 11.7 Å². The van der Waals surface area contributed by atoms with Crippen LogP contribution in [-0.4, -0.2) is 37.3 Å². The monoisotopic (exact) mass is 353 g/mol. The summed E-state index contributed by atoms with van der Waals surface area (Å²) >= 11 is 0. The maximum atomic E-state index is 14.3. The number of para-hydroxylation sites is 1. The van der Waals surface area contributed by atoms with E-state index >= 15 is 0 Å². The number of nitrogens with zero attached hydrogens (tertiary/aromatic N) is 7. The summed E-state index contributed by atoms with van der Waals surface area (Å²) in [7, 11) is 0. The second kappa shape index (κ2) is 4.47. The highest BCUT2D eigenvalue weighted by Gasteiger charge is 2.48. The van der Waals surface area contributed by atoms with Gasteiger partial charge in [0.1, 0.15) is 12.3 Å². The Balaban J connectivity index is 1.49. The third-order valence-electron chi connectivity index (χ3n) is 4.87. The Kier molecular flexibility index (Phi) is 2.40. The zero-order valence-corrected chi connectivity index (χ0v) is 13.4. The molecule has 0 saturated heterocycles. The first-order valence-electron chi connectivity index (χ1n) is 8.17. The van der Waals surface area contributed by atoms with Gasteiger partial charge in [-0.15, -0.1) is 0 Å². The Morgan fingerprint density at radius 3 is 2.92 bits per heavy atom. The molecule has 0 spiro atoms. The lowest BCUT2D eigenvalue weighted by atomic mass is 10.1. The fraction of sp³-hybridized carbons (Fsp3) is 0.250. The molecule has 0 radical (unpaired) electrons. The lowest BCUT2D eigenvalue weighted by Crippen LogP contribution is -2.46. The molecule has 0 amide bonds. The third-order valence-corrected chi connectivity index (χ3v) is 4.87. The molecule has 3 aromatic rings. The fourth-order valence-electron chi connectivity index (χ4n) is 3.36. The molecule has 1 fully saturated rings. The van der Waals surface area contributed by atoms with Gasteiger partial charge in [0.05, 0.1) is 11.9 Å². The number of fused-ring (bicyclic) bond motifs is 6. The minimum absolute atomic E-state index is 0.193. The molecule has 4 heterocycles. The molecule has 3 aliphatic rings. The van der Waals surface area contributed by atoms with Crippen molar-refractivity contribution in [1.29, 1.82) is 0 Å². The van der Waals surface area contributed by atoms with Crippen LogP contribution in [0, 0.1) is 6.08 Å². The van der Waals surface area contributed by atoms with Gasteiger partial charge in [-0.3, -0.25) is 4.57 Å². The van der Waals surface area contributed by atoms with Crippen molar-refractivity contribution in [2.45, 2.75) is 18.4 Å². The van der Waals surface area contributed by atoms with Crippen molar-refractivity contribution in [3.8, 4) is 5.69 Å². The molecular formula is C16H12FN7O2. The Morgan fingerprint density at radius 1 is 1.23 bits per heavy atom. The number of hydrogen-bond donors (Lipinski definition) is 1. The van der Waals surface area contributed by atoms with E-state index < -0.39 is 11.7 Å². The largest absolute Gasteiger partial charge is 0.380 e. The number of imidazole rings is 1. The van der Waals surface area contributed by atoms with Gasteiger partial charge < -0.3 is 9.63 Å². The van der Waals surface area contributed by atoms with E-state index in [1.807, 2.05) is 24.3 Å². The van der Waals surface area contributed by atoms with E-state index in [1.165, 1.54) is 10.8 Å². The van der Waals surface area contributed by atoms with E-state index in [0.717, 1.165) is 5.56 Å². The molecule has 130 valence electrons. The first-order valence-corrected chi connectivity index (χ1v) is 8.17. The standard InChI is InChI=1S/C16H12FN7O2/c17-14-18-7-11-23(14)10-4-2-1-3-9(10)12-19-8-22(24(11)12)15-20-13(26-21-15)16(25)5-6-16/h1-4,7,25H,5-6,8H2. The maximum Gasteiger partial charge on any atom is 0.295 e. The first-order chi connectivity index (χ1) is 12.7. The molecule has 26 heavy (non-hydrogen) atoms. The summed E-state index contributed by atoms with van der Waals surface area (Å²) in [6.07, 6.45) is 2.03. The van der Waals surface area contributed by atoms with Gasteiger partial charge in [-0.05, 0) is 30.1 Å². The molecule has 0 atom stereocenters. The predicted molar refractivity (Wildman–Crippen MR) is 87.3 cm³/mol. The normalized spacial score (nSPS) is 19.1. The minimum Gasteiger partial charge on any atom is -0.380 e. The zero-order valence-electron chi connectivity index (χ0n) is 13.4. The van der Waals surface area contributed by atoms with Crippen molar-refractivity contribution in [3.05, 3.63) is 48.0 Å². The van der Waals surface area contributed by atoms with E-state index in [4.69, 9.17) is 4.52 Å². The van der Waals surface area contributed by atoms with Crippen LogP contribution in [0.5, 0.6) is 0 Å². The highest BCUT2D eigenvalue weighted by Crippen LogP contribution is 2.45. The number of halogens is 1. The number of aliphatic hydroxyl groups is 1. The lowest BCUT2D eigenvalue weighted by Gasteiger charge is -2.33. The van der Waals surface area contributed by atoms with Crippen LogP contribution in [-0.2, 0) is 5.60 Å². The fourth-order valence-corrected chi connectivity index (χ4v) is 3.36. The van der Waals surface area contributed by atoms with E-state index in [9.17, 15) is 9.50 Å². The highest BCUT2D eigenvalue weighted by molar-refractivity contribution is 6.16. The smallest absolute Gasteiger partial charge is 0.295 e. The van der Waals surface area contributed by atoms with Crippen molar-refractivity contribution in [1.82, 2.24) is 19.7 Å². The minimum atomic E-state index is -1.02. The average Bonchev–Trinajstić information content (AvgIpc) is 3.06. The summed E-state index contributed by atoms with van der Waals surface area (Å²) in [5.41, 5.74) is 0.441. The van der Waals surface area contributed by atoms with Crippen LogP contribution in [0.3, 0.4) is 0 Å². The summed E-state index contributed by atoms with van der Waals surface area (Å²) in [5.74, 6) is 1.60. The SMILES string of the molecule is OC1(c2nc(N3CN=C4c5ccccc5-n5c(cnc5F)N43)no2)CC1. The Hall–Kier alpha value is -3.27. The van der Waals surface area contributed by atoms with Crippen LogP contribution >= 0.6 is 0 Å². The van der Waals surface area contributed by atoms with Crippen LogP contribution in [0.4, 0.5) is 16.2 Å². The van der Waals surface area contributed by atoms with Gasteiger partial charge >= 0.3 is 0 Å². The first kappa shape index (κ1) is 14.0. The van der Waals surface area contributed by atoms with Gasteiger partial charge in [-0.2, -0.15) is 9.37 Å². The van der Waals surface area contributed by atoms with Crippen molar-refractivity contribution in [2.24, 2.45) is 4.99 Å². The van der Waals surface area contributed by atoms with Crippen molar-refractivity contribution in [2.75, 3.05) is 16.7 Å². The number of aliphatic imine (C=N–C) groups is 1. The van der Waals surface area contributed by atoms with Gasteiger partial charge in [0.25, 0.3) is 17.9 Å². The molecule has 2 aliphatic heterocycles. The topological polar surface area (TPSA) is 95.8 Å². The van der Waals surface area contributed by atoms with Crippen LogP contribution in [0.25, 0.3) is 5.69 Å². The summed E-state index contributed by atoms with van der Waals surface area (Å²) < 4.78 is 21.0. The lowest BCUT2D eigenvalue weighted by molar-refractivity contribution is 0.108. The number of hydrazine groups is 1. The van der Waals surface area contributed by atoms with Gasteiger partial charge in [0, 0.05) is 5.56 Å². The van der Waals surface area contributed by atoms with Gasteiger partial charge in [-0.1, -0.05) is 12.1 Å². The highest BCUT2D eigenvalue weighted by atomic mass is 19.1. The number of hydrogen-bond acceptors (Lipinski definition) is 8. The van der Waals surface area contributed by atoms with Crippen molar-refractivity contribution in [3.63, 3.8) is 0 Å².